The molecule has 1 aromatic carbocycles. The molecule has 21 heavy (non-hydrogen) atoms. The van der Waals surface area contributed by atoms with Crippen molar-refractivity contribution in [1.29, 1.82) is 0 Å². The van der Waals surface area contributed by atoms with Crippen molar-refractivity contribution < 1.29 is 19.1 Å². The van der Waals surface area contributed by atoms with Crippen molar-refractivity contribution in [2.24, 2.45) is 0 Å². The monoisotopic (exact) mass is 292 g/mol. The molecule has 3 amide bonds. The fourth-order valence-corrected chi connectivity index (χ4v) is 1.55. The molecule has 0 aromatic heterocycles. The van der Waals surface area contributed by atoms with E-state index in [0.29, 0.717) is 5.56 Å². The summed E-state index contributed by atoms with van der Waals surface area (Å²) in [5.74, 6) is -1.29. The maximum Gasteiger partial charge on any atom is 0.338 e. The van der Waals surface area contributed by atoms with Crippen LogP contribution in [0.2, 0.25) is 0 Å². The van der Waals surface area contributed by atoms with E-state index < -0.39 is 24.5 Å². The number of rotatable bonds is 3. The normalized spacial score (nSPS) is 10.7. The summed E-state index contributed by atoms with van der Waals surface area (Å²) in [5, 5.41) is 4.22. The maximum absolute atomic E-state index is 11.8. The molecule has 2 N–H and O–H groups in total. The minimum Gasteiger partial charge on any atom is -0.452 e. The number of nitrogens with one attached hydrogen (secondary N) is 2. The molecule has 1 aromatic rings. The van der Waals surface area contributed by atoms with Gasteiger partial charge in [-0.05, 0) is 23.1 Å². The summed E-state index contributed by atoms with van der Waals surface area (Å²) in [7, 11) is 1.38. The van der Waals surface area contributed by atoms with Crippen LogP contribution in [0.4, 0.5) is 4.79 Å². The number of imide groups is 1. The number of urea groups is 1. The van der Waals surface area contributed by atoms with Crippen LogP contribution < -0.4 is 10.6 Å². The van der Waals surface area contributed by atoms with E-state index in [1.54, 1.807) is 12.1 Å². The van der Waals surface area contributed by atoms with Crippen LogP contribution in [0.15, 0.2) is 24.3 Å². The van der Waals surface area contributed by atoms with Crippen LogP contribution in [0.25, 0.3) is 0 Å². The number of carbonyl (C=O) groups is 3. The first-order valence-electron chi connectivity index (χ1n) is 6.53. The van der Waals surface area contributed by atoms with Crippen LogP contribution in [0.1, 0.15) is 36.7 Å². The Labute approximate surface area is 123 Å². The van der Waals surface area contributed by atoms with E-state index >= 15 is 0 Å². The number of esters is 1. The Morgan fingerprint density at radius 1 is 1.10 bits per heavy atom. The average molecular weight is 292 g/mol. The summed E-state index contributed by atoms with van der Waals surface area (Å²) in [5.41, 5.74) is 1.45. The van der Waals surface area contributed by atoms with Gasteiger partial charge in [-0.15, -0.1) is 0 Å². The van der Waals surface area contributed by atoms with Crippen LogP contribution in [0.3, 0.4) is 0 Å². The predicted octanol–water partition coefficient (Wildman–Crippen LogP) is 1.60. The van der Waals surface area contributed by atoms with Crippen LogP contribution in [0.5, 0.6) is 0 Å². The molecule has 0 unspecified atom stereocenters. The molecular weight excluding hydrogens is 272 g/mol. The summed E-state index contributed by atoms with van der Waals surface area (Å²) < 4.78 is 4.83. The number of ether oxygens (including phenoxy) is 1. The lowest BCUT2D eigenvalue weighted by atomic mass is 9.87. The molecule has 0 heterocycles. The van der Waals surface area contributed by atoms with Gasteiger partial charge in [0, 0.05) is 7.05 Å². The zero-order chi connectivity index (χ0) is 16.0. The highest BCUT2D eigenvalue weighted by atomic mass is 16.5. The molecule has 0 aliphatic rings. The van der Waals surface area contributed by atoms with Gasteiger partial charge in [-0.25, -0.2) is 9.59 Å². The van der Waals surface area contributed by atoms with Gasteiger partial charge in [0.1, 0.15) is 0 Å². The Hall–Kier alpha value is -2.37. The number of amides is 3. The van der Waals surface area contributed by atoms with E-state index in [2.05, 4.69) is 26.1 Å². The van der Waals surface area contributed by atoms with Gasteiger partial charge in [0.15, 0.2) is 6.61 Å². The summed E-state index contributed by atoms with van der Waals surface area (Å²) in [6.45, 7) is 5.71. The van der Waals surface area contributed by atoms with Gasteiger partial charge in [0.25, 0.3) is 5.91 Å². The third kappa shape index (κ3) is 5.25. The van der Waals surface area contributed by atoms with Crippen molar-refractivity contribution in [3.63, 3.8) is 0 Å². The first kappa shape index (κ1) is 16.7. The fraction of sp³-hybridized carbons (Fsp3) is 0.400. The van der Waals surface area contributed by atoms with E-state index in [1.165, 1.54) is 7.05 Å². The highest BCUT2D eigenvalue weighted by molar-refractivity contribution is 5.96. The Kier molecular flexibility index (Phi) is 5.46. The molecule has 1 rings (SSSR count). The van der Waals surface area contributed by atoms with Crippen molar-refractivity contribution in [3.05, 3.63) is 35.4 Å². The molecule has 0 bridgehead atoms. The Morgan fingerprint density at radius 2 is 1.67 bits per heavy atom. The van der Waals surface area contributed by atoms with Gasteiger partial charge in [-0.1, -0.05) is 32.9 Å². The van der Waals surface area contributed by atoms with Gasteiger partial charge in [-0.3, -0.25) is 10.1 Å². The van der Waals surface area contributed by atoms with Gasteiger partial charge >= 0.3 is 12.0 Å². The Morgan fingerprint density at radius 3 is 2.14 bits per heavy atom. The molecule has 0 saturated carbocycles. The molecule has 0 fully saturated rings. The summed E-state index contributed by atoms with van der Waals surface area (Å²) in [4.78, 5) is 33.9. The highest BCUT2D eigenvalue weighted by Gasteiger charge is 2.15. The van der Waals surface area contributed by atoms with E-state index in [9.17, 15) is 14.4 Å². The van der Waals surface area contributed by atoms with E-state index in [1.807, 2.05) is 17.4 Å². The molecule has 6 heteroatoms. The quantitative estimate of drug-likeness (QED) is 0.829. The first-order chi connectivity index (χ1) is 9.74. The van der Waals surface area contributed by atoms with Crippen LogP contribution >= 0.6 is 0 Å². The average Bonchev–Trinajstić information content (AvgIpc) is 2.43. The number of hydrogen-bond donors (Lipinski definition) is 2. The lowest BCUT2D eigenvalue weighted by Gasteiger charge is -2.18. The second-order valence-electron chi connectivity index (χ2n) is 5.53. The Bertz CT molecular complexity index is 530. The summed E-state index contributed by atoms with van der Waals surface area (Å²) in [6, 6.07) is 6.35. The fourth-order valence-electron chi connectivity index (χ4n) is 1.55. The highest BCUT2D eigenvalue weighted by Crippen LogP contribution is 2.22. The van der Waals surface area contributed by atoms with Crippen molar-refractivity contribution >= 4 is 17.9 Å². The lowest BCUT2D eigenvalue weighted by Crippen LogP contribution is -2.39. The van der Waals surface area contributed by atoms with Gasteiger partial charge < -0.3 is 10.1 Å². The number of hydrogen-bond acceptors (Lipinski definition) is 4. The Balaban J connectivity index is 2.56. The zero-order valence-electron chi connectivity index (χ0n) is 12.6. The van der Waals surface area contributed by atoms with Crippen LogP contribution in [-0.2, 0) is 14.9 Å². The largest absolute Gasteiger partial charge is 0.452 e. The molecule has 114 valence electrons. The summed E-state index contributed by atoms with van der Waals surface area (Å²) in [6.07, 6.45) is 0. The number of benzene rings is 1. The van der Waals surface area contributed by atoms with E-state index in [0.717, 1.165) is 5.56 Å². The summed E-state index contributed by atoms with van der Waals surface area (Å²) >= 11 is 0. The van der Waals surface area contributed by atoms with Crippen LogP contribution in [-0.4, -0.2) is 31.6 Å². The second kappa shape index (κ2) is 6.88. The molecule has 0 spiro atoms. The molecule has 0 saturated heterocycles. The van der Waals surface area contributed by atoms with Crippen molar-refractivity contribution in [1.82, 2.24) is 10.6 Å². The van der Waals surface area contributed by atoms with Crippen LogP contribution in [0, 0.1) is 0 Å². The van der Waals surface area contributed by atoms with E-state index in [4.69, 9.17) is 4.74 Å². The second-order valence-corrected chi connectivity index (χ2v) is 5.53. The van der Waals surface area contributed by atoms with Gasteiger partial charge in [0.2, 0.25) is 0 Å². The van der Waals surface area contributed by atoms with Gasteiger partial charge in [-0.2, -0.15) is 0 Å². The lowest BCUT2D eigenvalue weighted by molar-refractivity contribution is -0.123. The van der Waals surface area contributed by atoms with Crippen molar-refractivity contribution in [2.45, 2.75) is 26.2 Å². The molecule has 0 aliphatic heterocycles. The third-order valence-electron chi connectivity index (χ3n) is 2.80. The zero-order valence-corrected chi connectivity index (χ0v) is 12.6. The molecule has 0 aliphatic carbocycles. The minimum absolute atomic E-state index is 0.00413. The minimum atomic E-state index is -0.686. The SMILES string of the molecule is CNC(=O)NC(=O)COC(=O)c1ccc(C(C)(C)C)cc1. The molecule has 0 radical (unpaired) electrons. The maximum atomic E-state index is 11.8. The molecular formula is C15H20N2O4. The molecule has 6 nitrogen and oxygen atoms in total. The van der Waals surface area contributed by atoms with Gasteiger partial charge in [0.05, 0.1) is 5.56 Å². The van der Waals surface area contributed by atoms with E-state index in [-0.39, 0.29) is 5.41 Å². The topological polar surface area (TPSA) is 84.5 Å². The van der Waals surface area contributed by atoms with Crippen molar-refractivity contribution in [3.8, 4) is 0 Å². The first-order valence-corrected chi connectivity index (χ1v) is 6.53. The van der Waals surface area contributed by atoms with Crippen molar-refractivity contribution in [2.75, 3.05) is 13.7 Å². The molecule has 0 atom stereocenters. The number of carbonyl (C=O) groups excluding carboxylic acids is 3. The predicted molar refractivity (Wildman–Crippen MR) is 78.0 cm³/mol. The standard InChI is InChI=1S/C15H20N2O4/c1-15(2,3)11-7-5-10(6-8-11)13(19)21-9-12(18)17-14(20)16-4/h5-8H,9H2,1-4H3,(H2,16,17,18,20). The third-order valence-corrected chi connectivity index (χ3v) is 2.80. The smallest absolute Gasteiger partial charge is 0.338 e.